The molecule has 2 heterocycles. The third-order valence-electron chi connectivity index (χ3n) is 2.20. The quantitative estimate of drug-likeness (QED) is 0.648. The molecule has 0 atom stereocenters. The van der Waals surface area contributed by atoms with E-state index in [-0.39, 0.29) is 5.28 Å². The summed E-state index contributed by atoms with van der Waals surface area (Å²) in [4.78, 5) is 8.03. The maximum absolute atomic E-state index is 5.80. The minimum atomic E-state index is 0.129. The Hall–Kier alpha value is -2.07. The van der Waals surface area contributed by atoms with E-state index in [0.717, 1.165) is 0 Å². The summed E-state index contributed by atoms with van der Waals surface area (Å²) in [6.45, 7) is 0. The molecule has 84 valence electrons. The smallest absolute Gasteiger partial charge is 0.268 e. The number of furan rings is 1. The van der Waals surface area contributed by atoms with E-state index >= 15 is 0 Å². The first-order valence-electron chi connectivity index (χ1n) is 4.96. The Kier molecular flexibility index (Phi) is 2.42. The van der Waals surface area contributed by atoms with Gasteiger partial charge < -0.3 is 9.15 Å². The molecule has 5 heteroatoms. The fourth-order valence-electron chi connectivity index (χ4n) is 1.48. The van der Waals surface area contributed by atoms with E-state index < -0.39 is 0 Å². The standard InChI is InChI=1S/C12H7ClN2O2/c13-12-14-9-6-7-16-10(9)11(15-12)17-8-4-2-1-3-5-8/h1-7H. The fourth-order valence-corrected chi connectivity index (χ4v) is 1.65. The van der Waals surface area contributed by atoms with E-state index in [9.17, 15) is 0 Å². The number of hydrogen-bond acceptors (Lipinski definition) is 4. The monoisotopic (exact) mass is 246 g/mol. The molecule has 0 aliphatic heterocycles. The number of fused-ring (bicyclic) bond motifs is 1. The summed E-state index contributed by atoms with van der Waals surface area (Å²) in [5.41, 5.74) is 1.11. The molecule has 2 aromatic heterocycles. The summed E-state index contributed by atoms with van der Waals surface area (Å²) in [5, 5.41) is 0.129. The van der Waals surface area contributed by atoms with Gasteiger partial charge in [0.05, 0.1) is 6.26 Å². The van der Waals surface area contributed by atoms with Crippen molar-refractivity contribution < 1.29 is 9.15 Å². The first-order chi connectivity index (χ1) is 8.33. The molecule has 0 radical (unpaired) electrons. The van der Waals surface area contributed by atoms with E-state index in [1.165, 1.54) is 6.26 Å². The highest BCUT2D eigenvalue weighted by molar-refractivity contribution is 6.28. The van der Waals surface area contributed by atoms with E-state index in [4.69, 9.17) is 20.8 Å². The lowest BCUT2D eigenvalue weighted by Gasteiger charge is -2.04. The summed E-state index contributed by atoms with van der Waals surface area (Å²) in [6, 6.07) is 11.0. The van der Waals surface area contributed by atoms with Crippen molar-refractivity contribution in [2.45, 2.75) is 0 Å². The summed E-state index contributed by atoms with van der Waals surface area (Å²) in [7, 11) is 0. The number of ether oxygens (including phenoxy) is 1. The highest BCUT2D eigenvalue weighted by Gasteiger charge is 2.11. The van der Waals surface area contributed by atoms with Crippen LogP contribution in [0.25, 0.3) is 11.1 Å². The fraction of sp³-hybridized carbons (Fsp3) is 0. The van der Waals surface area contributed by atoms with Gasteiger partial charge in [0, 0.05) is 6.07 Å². The average molecular weight is 247 g/mol. The molecule has 0 aliphatic rings. The predicted molar refractivity (Wildman–Crippen MR) is 63.3 cm³/mol. The molecule has 0 amide bonds. The van der Waals surface area contributed by atoms with Crippen LogP contribution in [0.4, 0.5) is 0 Å². The van der Waals surface area contributed by atoms with E-state index in [1.807, 2.05) is 30.3 Å². The lowest BCUT2D eigenvalue weighted by atomic mass is 10.3. The maximum Gasteiger partial charge on any atom is 0.268 e. The number of para-hydroxylation sites is 1. The second kappa shape index (κ2) is 4.07. The third kappa shape index (κ3) is 1.94. The van der Waals surface area contributed by atoms with Gasteiger partial charge in [-0.1, -0.05) is 18.2 Å². The van der Waals surface area contributed by atoms with Crippen LogP contribution >= 0.6 is 11.6 Å². The molecule has 0 unspecified atom stereocenters. The lowest BCUT2D eigenvalue weighted by Crippen LogP contribution is -1.91. The minimum absolute atomic E-state index is 0.129. The molecule has 4 nitrogen and oxygen atoms in total. The van der Waals surface area contributed by atoms with Gasteiger partial charge in [-0.2, -0.15) is 4.98 Å². The number of benzene rings is 1. The molecule has 0 spiro atoms. The van der Waals surface area contributed by atoms with E-state index in [2.05, 4.69) is 9.97 Å². The van der Waals surface area contributed by atoms with Crippen molar-refractivity contribution in [3.05, 3.63) is 47.9 Å². The van der Waals surface area contributed by atoms with Crippen LogP contribution in [0.3, 0.4) is 0 Å². The SMILES string of the molecule is Clc1nc(Oc2ccccc2)c2occc2n1. The van der Waals surface area contributed by atoms with Gasteiger partial charge in [-0.25, -0.2) is 4.98 Å². The van der Waals surface area contributed by atoms with Crippen LogP contribution in [0.5, 0.6) is 11.6 Å². The second-order valence-corrected chi connectivity index (χ2v) is 3.69. The molecule has 3 aromatic rings. The van der Waals surface area contributed by atoms with Crippen LogP contribution in [-0.4, -0.2) is 9.97 Å². The lowest BCUT2D eigenvalue weighted by molar-refractivity contribution is 0.453. The van der Waals surface area contributed by atoms with Gasteiger partial charge >= 0.3 is 0 Å². The van der Waals surface area contributed by atoms with Gasteiger partial charge in [0.25, 0.3) is 5.88 Å². The maximum atomic E-state index is 5.80. The van der Waals surface area contributed by atoms with Crippen molar-refractivity contribution >= 4 is 22.7 Å². The zero-order valence-electron chi connectivity index (χ0n) is 8.63. The molecule has 0 saturated heterocycles. The van der Waals surface area contributed by atoms with Gasteiger partial charge in [0.15, 0.2) is 0 Å². The van der Waals surface area contributed by atoms with Crippen molar-refractivity contribution in [3.8, 4) is 11.6 Å². The van der Waals surface area contributed by atoms with Crippen LogP contribution < -0.4 is 4.74 Å². The Morgan fingerprint density at radius 2 is 1.88 bits per heavy atom. The molecule has 0 bridgehead atoms. The van der Waals surface area contributed by atoms with Crippen LogP contribution in [0, 0.1) is 0 Å². The number of rotatable bonds is 2. The van der Waals surface area contributed by atoms with Crippen molar-refractivity contribution in [1.82, 2.24) is 9.97 Å². The summed E-state index contributed by atoms with van der Waals surface area (Å²) < 4.78 is 10.9. The van der Waals surface area contributed by atoms with Crippen molar-refractivity contribution in [1.29, 1.82) is 0 Å². The van der Waals surface area contributed by atoms with Gasteiger partial charge in [-0.3, -0.25) is 0 Å². The molecule has 0 fully saturated rings. The number of nitrogens with zero attached hydrogens (tertiary/aromatic N) is 2. The molecular weight excluding hydrogens is 240 g/mol. The zero-order chi connectivity index (χ0) is 11.7. The Balaban J connectivity index is 2.08. The molecule has 0 aliphatic carbocycles. The van der Waals surface area contributed by atoms with Crippen molar-refractivity contribution in [2.75, 3.05) is 0 Å². The average Bonchev–Trinajstić information content (AvgIpc) is 2.78. The second-order valence-electron chi connectivity index (χ2n) is 3.35. The summed E-state index contributed by atoms with van der Waals surface area (Å²) >= 11 is 5.80. The molecule has 1 aromatic carbocycles. The van der Waals surface area contributed by atoms with Crippen LogP contribution in [-0.2, 0) is 0 Å². The van der Waals surface area contributed by atoms with Crippen LogP contribution in [0.1, 0.15) is 0 Å². The van der Waals surface area contributed by atoms with Gasteiger partial charge in [0.2, 0.25) is 10.9 Å². The van der Waals surface area contributed by atoms with Crippen molar-refractivity contribution in [2.24, 2.45) is 0 Å². The topological polar surface area (TPSA) is 48.2 Å². The highest BCUT2D eigenvalue weighted by atomic mass is 35.5. The van der Waals surface area contributed by atoms with E-state index in [1.54, 1.807) is 6.07 Å². The molecular formula is C12H7ClN2O2. The van der Waals surface area contributed by atoms with Gasteiger partial charge in [0.1, 0.15) is 11.3 Å². The largest absolute Gasteiger partial charge is 0.457 e. The molecule has 3 rings (SSSR count). The normalized spacial score (nSPS) is 10.6. The number of hydrogen-bond donors (Lipinski definition) is 0. The zero-order valence-corrected chi connectivity index (χ0v) is 9.39. The third-order valence-corrected chi connectivity index (χ3v) is 2.37. The van der Waals surface area contributed by atoms with Gasteiger partial charge in [-0.05, 0) is 23.7 Å². The summed E-state index contributed by atoms with van der Waals surface area (Å²) in [6.07, 6.45) is 1.52. The number of halogens is 1. The van der Waals surface area contributed by atoms with Crippen LogP contribution in [0.2, 0.25) is 5.28 Å². The first-order valence-corrected chi connectivity index (χ1v) is 5.34. The Morgan fingerprint density at radius 1 is 1.06 bits per heavy atom. The van der Waals surface area contributed by atoms with Crippen LogP contribution in [0.15, 0.2) is 47.1 Å². The van der Waals surface area contributed by atoms with E-state index in [0.29, 0.717) is 22.7 Å². The number of aromatic nitrogens is 2. The summed E-state index contributed by atoms with van der Waals surface area (Å²) in [5.74, 6) is 0.983. The molecule has 0 saturated carbocycles. The Bertz CT molecular complexity index is 652. The van der Waals surface area contributed by atoms with Gasteiger partial charge in [-0.15, -0.1) is 0 Å². The predicted octanol–water partition coefficient (Wildman–Crippen LogP) is 3.67. The first kappa shape index (κ1) is 10.1. The highest BCUT2D eigenvalue weighted by Crippen LogP contribution is 2.28. The molecule has 17 heavy (non-hydrogen) atoms. The molecule has 0 N–H and O–H groups in total. The minimum Gasteiger partial charge on any atom is -0.457 e. The Morgan fingerprint density at radius 3 is 2.71 bits per heavy atom. The van der Waals surface area contributed by atoms with Crippen molar-refractivity contribution in [3.63, 3.8) is 0 Å². The Labute approximate surface area is 102 Å².